The highest BCUT2D eigenvalue weighted by atomic mass is 35.5. The molecule has 106 valence electrons. The Labute approximate surface area is 125 Å². The Morgan fingerprint density at radius 2 is 1.80 bits per heavy atom. The van der Waals surface area contributed by atoms with Crippen LogP contribution in [0.25, 0.3) is 0 Å². The van der Waals surface area contributed by atoms with Crippen molar-refractivity contribution in [1.29, 1.82) is 0 Å². The highest BCUT2D eigenvalue weighted by molar-refractivity contribution is 6.17. The van der Waals surface area contributed by atoms with E-state index in [1.807, 2.05) is 26.0 Å². The van der Waals surface area contributed by atoms with Crippen molar-refractivity contribution in [2.45, 2.75) is 39.5 Å². The van der Waals surface area contributed by atoms with Crippen LogP contribution in [-0.4, -0.2) is 9.97 Å². The van der Waals surface area contributed by atoms with Gasteiger partial charge in [-0.05, 0) is 37.1 Å². The maximum absolute atomic E-state index is 5.97. The van der Waals surface area contributed by atoms with Gasteiger partial charge in [-0.1, -0.05) is 19.9 Å². The van der Waals surface area contributed by atoms with Gasteiger partial charge >= 0.3 is 0 Å². The van der Waals surface area contributed by atoms with Crippen LogP contribution in [0.15, 0.2) is 24.4 Å². The minimum absolute atomic E-state index is 0.271. The fourth-order valence-corrected chi connectivity index (χ4v) is 2.19. The molecule has 3 nitrogen and oxygen atoms in total. The average molecular weight is 291 g/mol. The molecule has 0 aliphatic carbocycles. The summed E-state index contributed by atoms with van der Waals surface area (Å²) in [5.41, 5.74) is 3.05. The van der Waals surface area contributed by atoms with Crippen LogP contribution < -0.4 is 4.74 Å². The molecule has 0 unspecified atom stereocenters. The van der Waals surface area contributed by atoms with Crippen LogP contribution in [0.2, 0.25) is 0 Å². The molecule has 0 aliphatic rings. The lowest BCUT2D eigenvalue weighted by Gasteiger charge is -2.12. The highest BCUT2D eigenvalue weighted by Crippen LogP contribution is 2.27. The molecule has 2 aromatic rings. The largest absolute Gasteiger partial charge is 0.454 e. The number of aryl methyl sites for hydroxylation is 2. The fraction of sp³-hybridized carbons (Fsp3) is 0.375. The van der Waals surface area contributed by atoms with E-state index in [9.17, 15) is 0 Å². The molecule has 0 saturated heterocycles. The maximum atomic E-state index is 5.97. The van der Waals surface area contributed by atoms with Gasteiger partial charge in [0.15, 0.2) is 5.75 Å². The van der Waals surface area contributed by atoms with Gasteiger partial charge in [0.1, 0.15) is 17.3 Å². The summed E-state index contributed by atoms with van der Waals surface area (Å²) < 4.78 is 5.89. The summed E-state index contributed by atoms with van der Waals surface area (Å²) in [5.74, 6) is 2.77. The third-order valence-electron chi connectivity index (χ3n) is 2.91. The lowest BCUT2D eigenvalue weighted by molar-refractivity contribution is 0.469. The summed E-state index contributed by atoms with van der Waals surface area (Å²) >= 11 is 5.97. The molecule has 0 bridgehead atoms. The van der Waals surface area contributed by atoms with E-state index in [0.29, 0.717) is 11.6 Å². The predicted molar refractivity (Wildman–Crippen MR) is 81.7 cm³/mol. The number of hydrogen-bond acceptors (Lipinski definition) is 3. The first kappa shape index (κ1) is 14.8. The van der Waals surface area contributed by atoms with Crippen molar-refractivity contribution in [2.24, 2.45) is 0 Å². The van der Waals surface area contributed by atoms with E-state index in [1.54, 1.807) is 6.20 Å². The summed E-state index contributed by atoms with van der Waals surface area (Å²) in [5, 5.41) is 0. The van der Waals surface area contributed by atoms with E-state index < -0.39 is 0 Å². The van der Waals surface area contributed by atoms with Crippen LogP contribution in [0.5, 0.6) is 11.5 Å². The quantitative estimate of drug-likeness (QED) is 0.762. The van der Waals surface area contributed by atoms with Gasteiger partial charge in [-0.15, -0.1) is 11.6 Å². The van der Waals surface area contributed by atoms with Crippen molar-refractivity contribution >= 4 is 11.6 Å². The molecule has 0 spiro atoms. The van der Waals surface area contributed by atoms with Gasteiger partial charge < -0.3 is 4.74 Å². The van der Waals surface area contributed by atoms with Crippen molar-refractivity contribution < 1.29 is 4.74 Å². The minimum Gasteiger partial charge on any atom is -0.454 e. The lowest BCUT2D eigenvalue weighted by Crippen LogP contribution is -2.02. The second-order valence-electron chi connectivity index (χ2n) is 5.25. The Morgan fingerprint density at radius 1 is 1.15 bits per heavy atom. The molecule has 2 rings (SSSR count). The van der Waals surface area contributed by atoms with Gasteiger partial charge in [0, 0.05) is 5.92 Å². The first-order valence-electron chi connectivity index (χ1n) is 6.67. The number of alkyl halides is 1. The predicted octanol–water partition coefficient (Wildman–Crippen LogP) is 4.75. The van der Waals surface area contributed by atoms with Crippen LogP contribution in [0.4, 0.5) is 0 Å². The summed E-state index contributed by atoms with van der Waals surface area (Å²) in [6, 6.07) is 6.08. The Morgan fingerprint density at radius 3 is 2.35 bits per heavy atom. The molecule has 0 fully saturated rings. The Balaban J connectivity index is 2.33. The van der Waals surface area contributed by atoms with Gasteiger partial charge in [0.25, 0.3) is 0 Å². The molecule has 4 heteroatoms. The molecule has 1 aromatic heterocycles. The number of benzene rings is 1. The van der Waals surface area contributed by atoms with Crippen molar-refractivity contribution in [2.75, 3.05) is 0 Å². The normalized spacial score (nSPS) is 10.9. The van der Waals surface area contributed by atoms with Crippen LogP contribution in [0.3, 0.4) is 0 Å². The van der Waals surface area contributed by atoms with Gasteiger partial charge in [-0.3, -0.25) is 0 Å². The van der Waals surface area contributed by atoms with Gasteiger partial charge in [-0.2, -0.15) is 0 Å². The summed E-state index contributed by atoms with van der Waals surface area (Å²) in [6.45, 7) is 8.19. The maximum Gasteiger partial charge on any atom is 0.168 e. The standard InChI is InChI=1S/C16H19ClN2O/c1-10(2)16-18-9-15(14(8-17)19-16)20-13-6-11(3)5-12(4)7-13/h5-7,9-10H,8H2,1-4H3. The average Bonchev–Trinajstić information content (AvgIpc) is 2.37. The van der Waals surface area contributed by atoms with E-state index in [-0.39, 0.29) is 5.92 Å². The van der Waals surface area contributed by atoms with E-state index in [0.717, 1.165) is 28.4 Å². The first-order valence-corrected chi connectivity index (χ1v) is 7.21. The molecule has 0 aliphatic heterocycles. The molecule has 0 N–H and O–H groups in total. The molecule has 0 saturated carbocycles. The molecule has 1 heterocycles. The SMILES string of the molecule is Cc1cc(C)cc(Oc2cnc(C(C)C)nc2CCl)c1. The number of ether oxygens (including phenoxy) is 1. The van der Waals surface area contributed by atoms with Crippen molar-refractivity contribution in [1.82, 2.24) is 9.97 Å². The summed E-state index contributed by atoms with van der Waals surface area (Å²) in [6.07, 6.45) is 1.71. The fourth-order valence-electron chi connectivity index (χ4n) is 2.00. The number of halogens is 1. The van der Waals surface area contributed by atoms with Gasteiger partial charge in [-0.25, -0.2) is 9.97 Å². The van der Waals surface area contributed by atoms with Crippen LogP contribution in [0.1, 0.15) is 42.4 Å². The van der Waals surface area contributed by atoms with Crippen LogP contribution >= 0.6 is 11.6 Å². The molecule has 0 atom stereocenters. The third-order valence-corrected chi connectivity index (χ3v) is 3.17. The highest BCUT2D eigenvalue weighted by Gasteiger charge is 2.11. The van der Waals surface area contributed by atoms with Crippen LogP contribution in [-0.2, 0) is 5.88 Å². The monoisotopic (exact) mass is 290 g/mol. The first-order chi connectivity index (χ1) is 9.49. The minimum atomic E-state index is 0.271. The zero-order valence-electron chi connectivity index (χ0n) is 12.3. The Hall–Kier alpha value is -1.61. The van der Waals surface area contributed by atoms with Crippen LogP contribution in [0, 0.1) is 13.8 Å². The zero-order chi connectivity index (χ0) is 14.7. The van der Waals surface area contributed by atoms with Gasteiger partial charge in [0.2, 0.25) is 0 Å². The molecular formula is C16H19ClN2O. The van der Waals surface area contributed by atoms with Crippen molar-refractivity contribution in [3.8, 4) is 11.5 Å². The van der Waals surface area contributed by atoms with E-state index >= 15 is 0 Å². The van der Waals surface area contributed by atoms with Crippen molar-refractivity contribution in [3.63, 3.8) is 0 Å². The lowest BCUT2D eigenvalue weighted by atomic mass is 10.1. The van der Waals surface area contributed by atoms with Gasteiger partial charge in [0.05, 0.1) is 12.1 Å². The topological polar surface area (TPSA) is 35.0 Å². The Kier molecular flexibility index (Phi) is 4.61. The second-order valence-corrected chi connectivity index (χ2v) is 5.52. The molecule has 0 amide bonds. The Bertz CT molecular complexity index is 591. The number of nitrogens with zero attached hydrogens (tertiary/aromatic N) is 2. The number of rotatable bonds is 4. The zero-order valence-corrected chi connectivity index (χ0v) is 13.0. The smallest absolute Gasteiger partial charge is 0.168 e. The van der Waals surface area contributed by atoms with E-state index in [4.69, 9.17) is 16.3 Å². The van der Waals surface area contributed by atoms with E-state index in [1.165, 1.54) is 0 Å². The van der Waals surface area contributed by atoms with Crippen molar-refractivity contribution in [3.05, 3.63) is 47.0 Å². The summed E-state index contributed by atoms with van der Waals surface area (Å²) in [4.78, 5) is 8.80. The third kappa shape index (κ3) is 3.48. The molecule has 20 heavy (non-hydrogen) atoms. The second kappa shape index (κ2) is 6.23. The summed E-state index contributed by atoms with van der Waals surface area (Å²) in [7, 11) is 0. The molecule has 1 aromatic carbocycles. The number of aromatic nitrogens is 2. The molecule has 0 radical (unpaired) electrons. The number of hydrogen-bond donors (Lipinski definition) is 0. The van der Waals surface area contributed by atoms with E-state index in [2.05, 4.69) is 29.9 Å². The molecular weight excluding hydrogens is 272 g/mol.